The number of amides is 1. The van der Waals surface area contributed by atoms with Crippen LogP contribution in [0.4, 0.5) is 5.69 Å². The zero-order valence-electron chi connectivity index (χ0n) is 7.68. The molecule has 4 nitrogen and oxygen atoms in total. The third-order valence-electron chi connectivity index (χ3n) is 1.55. The van der Waals surface area contributed by atoms with Gasteiger partial charge in [0.05, 0.1) is 17.1 Å². The number of amidine groups is 1. The fraction of sp³-hybridized carbons (Fsp3) is 0.111. The van der Waals surface area contributed by atoms with Crippen LogP contribution in [-0.2, 0) is 4.79 Å². The molecule has 0 aliphatic carbocycles. The van der Waals surface area contributed by atoms with Gasteiger partial charge in [0.15, 0.2) is 0 Å². The molecule has 0 unspecified atom stereocenters. The van der Waals surface area contributed by atoms with E-state index in [-0.39, 0.29) is 12.3 Å². The van der Waals surface area contributed by atoms with Crippen LogP contribution in [0, 0.1) is 5.41 Å². The summed E-state index contributed by atoms with van der Waals surface area (Å²) < 4.78 is 0. The number of carbonyl (C=O) groups excluding carboxylic acids is 1. The first kappa shape index (κ1) is 11.8. The Morgan fingerprint density at radius 3 is 2.73 bits per heavy atom. The second-order valence-corrected chi connectivity index (χ2v) is 3.72. The number of nitrogens with one attached hydrogen (secondary N) is 2. The van der Waals surface area contributed by atoms with Gasteiger partial charge >= 0.3 is 0 Å². The largest absolute Gasteiger partial charge is 0.387 e. The number of benzene rings is 1. The zero-order valence-corrected chi connectivity index (χ0v) is 9.19. The molecule has 0 saturated carbocycles. The number of nitrogens with two attached hydrogens (primary N) is 1. The molecule has 0 aliphatic rings. The van der Waals surface area contributed by atoms with Crippen LogP contribution in [0.15, 0.2) is 18.2 Å². The summed E-state index contributed by atoms with van der Waals surface area (Å²) in [5.74, 6) is -0.600. The zero-order chi connectivity index (χ0) is 11.4. The molecule has 15 heavy (non-hydrogen) atoms. The number of anilines is 1. The number of rotatable bonds is 3. The molecule has 0 heterocycles. The number of hydrogen-bond acceptors (Lipinski definition) is 2. The lowest BCUT2D eigenvalue weighted by molar-refractivity contribution is -0.115. The summed E-state index contributed by atoms with van der Waals surface area (Å²) in [5.41, 5.74) is 5.49. The van der Waals surface area contributed by atoms with Gasteiger partial charge in [0.1, 0.15) is 5.84 Å². The van der Waals surface area contributed by atoms with Crippen LogP contribution in [0.1, 0.15) is 6.42 Å². The summed E-state index contributed by atoms with van der Waals surface area (Å²) in [6, 6.07) is 4.72. The van der Waals surface area contributed by atoms with Gasteiger partial charge in [-0.3, -0.25) is 10.2 Å². The average molecular weight is 246 g/mol. The van der Waals surface area contributed by atoms with E-state index in [1.165, 1.54) is 6.07 Å². The van der Waals surface area contributed by atoms with Crippen LogP contribution in [0.3, 0.4) is 0 Å². The Hall–Kier alpha value is -1.26. The molecule has 1 amide bonds. The van der Waals surface area contributed by atoms with Crippen LogP contribution in [-0.4, -0.2) is 11.7 Å². The van der Waals surface area contributed by atoms with Crippen molar-refractivity contribution in [3.63, 3.8) is 0 Å². The fourth-order valence-electron chi connectivity index (χ4n) is 0.961. The summed E-state index contributed by atoms with van der Waals surface area (Å²) >= 11 is 11.5. The average Bonchev–Trinajstić information content (AvgIpc) is 2.10. The smallest absolute Gasteiger partial charge is 0.231 e. The quantitative estimate of drug-likeness (QED) is 0.564. The summed E-state index contributed by atoms with van der Waals surface area (Å²) in [4.78, 5) is 11.3. The Kier molecular flexibility index (Phi) is 3.94. The highest BCUT2D eigenvalue weighted by atomic mass is 35.5. The fourth-order valence-corrected chi connectivity index (χ4v) is 1.30. The van der Waals surface area contributed by atoms with E-state index in [1.807, 2.05) is 0 Å². The monoisotopic (exact) mass is 245 g/mol. The van der Waals surface area contributed by atoms with Gasteiger partial charge in [-0.25, -0.2) is 0 Å². The van der Waals surface area contributed by atoms with Crippen molar-refractivity contribution < 1.29 is 4.79 Å². The van der Waals surface area contributed by atoms with Crippen molar-refractivity contribution in [2.45, 2.75) is 6.42 Å². The Morgan fingerprint density at radius 1 is 1.47 bits per heavy atom. The van der Waals surface area contributed by atoms with Crippen LogP contribution in [0.2, 0.25) is 10.0 Å². The van der Waals surface area contributed by atoms with E-state index >= 15 is 0 Å². The SMILES string of the molecule is N=C(N)CC(=O)Nc1cc(Cl)ccc1Cl. The highest BCUT2D eigenvalue weighted by Crippen LogP contribution is 2.25. The van der Waals surface area contributed by atoms with E-state index in [9.17, 15) is 4.79 Å². The third kappa shape index (κ3) is 3.77. The Balaban J connectivity index is 2.76. The highest BCUT2D eigenvalue weighted by Gasteiger charge is 2.07. The summed E-state index contributed by atoms with van der Waals surface area (Å²) in [6.07, 6.45) is -0.164. The molecule has 0 radical (unpaired) electrons. The topological polar surface area (TPSA) is 79.0 Å². The van der Waals surface area contributed by atoms with Crippen molar-refractivity contribution >= 4 is 40.6 Å². The molecule has 1 aromatic rings. The lowest BCUT2D eigenvalue weighted by Crippen LogP contribution is -2.21. The van der Waals surface area contributed by atoms with Crippen molar-refractivity contribution in [3.05, 3.63) is 28.2 Å². The second kappa shape index (κ2) is 5.00. The molecule has 6 heteroatoms. The van der Waals surface area contributed by atoms with Crippen molar-refractivity contribution in [1.29, 1.82) is 5.41 Å². The van der Waals surface area contributed by atoms with Crippen LogP contribution >= 0.6 is 23.2 Å². The van der Waals surface area contributed by atoms with Gasteiger partial charge in [0.2, 0.25) is 5.91 Å². The first-order valence-corrected chi connectivity index (χ1v) is 4.82. The normalized spacial score (nSPS) is 9.73. The molecular weight excluding hydrogens is 237 g/mol. The standard InChI is InChI=1S/C9H9Cl2N3O/c10-5-1-2-6(11)7(3-5)14-9(15)4-8(12)13/h1-3H,4H2,(H3,12,13)(H,14,15). The van der Waals surface area contributed by atoms with E-state index < -0.39 is 5.91 Å². The molecule has 0 saturated heterocycles. The number of hydrogen-bond donors (Lipinski definition) is 3. The predicted molar refractivity (Wildman–Crippen MR) is 61.6 cm³/mol. The van der Waals surface area contributed by atoms with Gasteiger partial charge in [-0.15, -0.1) is 0 Å². The van der Waals surface area contributed by atoms with E-state index in [4.69, 9.17) is 34.3 Å². The first-order chi connectivity index (χ1) is 6.99. The molecule has 1 aromatic carbocycles. The minimum absolute atomic E-state index is 0.164. The van der Waals surface area contributed by atoms with Gasteiger partial charge in [0, 0.05) is 5.02 Å². The third-order valence-corrected chi connectivity index (χ3v) is 2.12. The van der Waals surface area contributed by atoms with E-state index in [1.54, 1.807) is 12.1 Å². The minimum Gasteiger partial charge on any atom is -0.387 e. The first-order valence-electron chi connectivity index (χ1n) is 4.07. The molecule has 0 spiro atoms. The van der Waals surface area contributed by atoms with E-state index in [2.05, 4.69) is 5.32 Å². The van der Waals surface area contributed by atoms with Gasteiger partial charge in [-0.2, -0.15) is 0 Å². The van der Waals surface area contributed by atoms with Gasteiger partial charge in [-0.05, 0) is 18.2 Å². The molecule has 4 N–H and O–H groups in total. The molecule has 0 aliphatic heterocycles. The van der Waals surface area contributed by atoms with Crippen molar-refractivity contribution in [1.82, 2.24) is 0 Å². The van der Waals surface area contributed by atoms with Gasteiger partial charge in [-0.1, -0.05) is 23.2 Å². The molecule has 0 bridgehead atoms. The maximum absolute atomic E-state index is 11.3. The predicted octanol–water partition coefficient (Wildman–Crippen LogP) is 2.26. The van der Waals surface area contributed by atoms with E-state index in [0.29, 0.717) is 15.7 Å². The molecule has 0 atom stereocenters. The van der Waals surface area contributed by atoms with Crippen molar-refractivity contribution in [2.24, 2.45) is 5.73 Å². The lowest BCUT2D eigenvalue weighted by Gasteiger charge is -2.06. The van der Waals surface area contributed by atoms with Gasteiger partial charge < -0.3 is 11.1 Å². The summed E-state index contributed by atoms with van der Waals surface area (Å²) in [5, 5.41) is 10.3. The molecule has 1 rings (SSSR count). The molecular formula is C9H9Cl2N3O. The lowest BCUT2D eigenvalue weighted by atomic mass is 10.3. The molecule has 0 fully saturated rings. The van der Waals surface area contributed by atoms with Crippen LogP contribution in [0.5, 0.6) is 0 Å². The highest BCUT2D eigenvalue weighted by molar-refractivity contribution is 6.35. The van der Waals surface area contributed by atoms with Gasteiger partial charge in [0.25, 0.3) is 0 Å². The maximum Gasteiger partial charge on any atom is 0.231 e. The van der Waals surface area contributed by atoms with Crippen molar-refractivity contribution in [2.75, 3.05) is 5.32 Å². The second-order valence-electron chi connectivity index (χ2n) is 2.87. The van der Waals surface area contributed by atoms with Crippen molar-refractivity contribution in [3.8, 4) is 0 Å². The maximum atomic E-state index is 11.3. The van der Waals surface area contributed by atoms with E-state index in [0.717, 1.165) is 0 Å². The van der Waals surface area contributed by atoms with Crippen LogP contribution in [0.25, 0.3) is 0 Å². The Morgan fingerprint density at radius 2 is 2.13 bits per heavy atom. The summed E-state index contributed by atoms with van der Waals surface area (Å²) in [6.45, 7) is 0. The molecule has 80 valence electrons. The molecule has 0 aromatic heterocycles. The van der Waals surface area contributed by atoms with Crippen LogP contribution < -0.4 is 11.1 Å². The number of carbonyl (C=O) groups is 1. The minimum atomic E-state index is -0.397. The Bertz CT molecular complexity index is 406. The Labute approximate surface area is 96.9 Å². The summed E-state index contributed by atoms with van der Waals surface area (Å²) in [7, 11) is 0. The number of halogens is 2.